The van der Waals surface area contributed by atoms with Crippen LogP contribution in [0.3, 0.4) is 0 Å². The Hall–Kier alpha value is -1.05. The molecule has 0 aliphatic carbocycles. The van der Waals surface area contributed by atoms with E-state index < -0.39 is 0 Å². The first-order valence-corrected chi connectivity index (χ1v) is 4.55. The molecule has 14 heavy (non-hydrogen) atoms. The molecule has 0 heterocycles. The fourth-order valence-electron chi connectivity index (χ4n) is 0.740. The maximum absolute atomic E-state index is 10.8. The van der Waals surface area contributed by atoms with Gasteiger partial charge >= 0.3 is 5.97 Å². The van der Waals surface area contributed by atoms with E-state index in [1.54, 1.807) is 6.92 Å². The highest BCUT2D eigenvalue weighted by Gasteiger charge is 2.00. The third kappa shape index (κ3) is 9.04. The molecule has 0 spiro atoms. The van der Waals surface area contributed by atoms with Gasteiger partial charge in [-0.25, -0.2) is 0 Å². The molecule has 0 N–H and O–H groups in total. The Morgan fingerprint density at radius 1 is 1.29 bits per heavy atom. The highest BCUT2D eigenvalue weighted by Crippen LogP contribution is 1.88. The maximum Gasteiger partial charge on any atom is 0.308 e. The van der Waals surface area contributed by atoms with Crippen LogP contribution in [-0.4, -0.2) is 39.0 Å². The van der Waals surface area contributed by atoms with Gasteiger partial charge in [0.15, 0.2) is 0 Å². The van der Waals surface area contributed by atoms with E-state index >= 15 is 0 Å². The Balaban J connectivity index is 3.06. The van der Waals surface area contributed by atoms with Crippen molar-refractivity contribution in [3.8, 4) is 12.3 Å². The molecule has 0 aromatic rings. The second kappa shape index (κ2) is 10.0. The SMILES string of the molecule is C#CCOCCOCCC(=O)OCC. The molecular formula is C10H16O4. The van der Waals surface area contributed by atoms with Gasteiger partial charge in [0.1, 0.15) is 6.61 Å². The molecule has 0 aliphatic heterocycles. The standard InChI is InChI=1S/C10H16O4/c1-3-6-12-8-9-13-7-5-10(11)14-4-2/h1H,4-9H2,2H3. The predicted molar refractivity (Wildman–Crippen MR) is 51.7 cm³/mol. The number of carbonyl (C=O) groups excluding carboxylic acids is 1. The van der Waals surface area contributed by atoms with Gasteiger partial charge in [-0.05, 0) is 6.92 Å². The average Bonchev–Trinajstić information content (AvgIpc) is 2.17. The van der Waals surface area contributed by atoms with Crippen molar-refractivity contribution in [1.82, 2.24) is 0 Å². The third-order valence-corrected chi connectivity index (χ3v) is 1.31. The monoisotopic (exact) mass is 200 g/mol. The summed E-state index contributed by atoms with van der Waals surface area (Å²) < 4.78 is 14.8. The first-order chi connectivity index (χ1) is 6.81. The summed E-state index contributed by atoms with van der Waals surface area (Å²) in [4.78, 5) is 10.8. The molecule has 0 aromatic carbocycles. The van der Waals surface area contributed by atoms with Crippen LogP contribution in [0.4, 0.5) is 0 Å². The van der Waals surface area contributed by atoms with Crippen molar-refractivity contribution in [3.05, 3.63) is 0 Å². The zero-order valence-electron chi connectivity index (χ0n) is 8.45. The Bertz CT molecular complexity index is 183. The first-order valence-electron chi connectivity index (χ1n) is 4.55. The zero-order chi connectivity index (χ0) is 10.6. The Morgan fingerprint density at radius 3 is 2.64 bits per heavy atom. The number of terminal acetylenes is 1. The van der Waals surface area contributed by atoms with Crippen molar-refractivity contribution in [3.63, 3.8) is 0 Å². The quantitative estimate of drug-likeness (QED) is 0.327. The minimum Gasteiger partial charge on any atom is -0.466 e. The van der Waals surface area contributed by atoms with E-state index in [0.717, 1.165) is 0 Å². The molecule has 0 fully saturated rings. The highest BCUT2D eigenvalue weighted by molar-refractivity contribution is 5.69. The van der Waals surface area contributed by atoms with Crippen molar-refractivity contribution >= 4 is 5.97 Å². The number of esters is 1. The van der Waals surface area contributed by atoms with Gasteiger partial charge < -0.3 is 14.2 Å². The molecule has 80 valence electrons. The van der Waals surface area contributed by atoms with Crippen LogP contribution in [0.15, 0.2) is 0 Å². The van der Waals surface area contributed by atoms with Crippen LogP contribution in [-0.2, 0) is 19.0 Å². The summed E-state index contributed by atoms with van der Waals surface area (Å²) in [6.45, 7) is 3.73. The third-order valence-electron chi connectivity index (χ3n) is 1.31. The number of rotatable bonds is 8. The summed E-state index contributed by atoms with van der Waals surface area (Å²) in [6, 6.07) is 0. The largest absolute Gasteiger partial charge is 0.466 e. The van der Waals surface area contributed by atoms with E-state index in [1.165, 1.54) is 0 Å². The number of ether oxygens (including phenoxy) is 3. The molecule has 0 rings (SSSR count). The lowest BCUT2D eigenvalue weighted by Crippen LogP contribution is -2.10. The van der Waals surface area contributed by atoms with Gasteiger partial charge in [0, 0.05) is 0 Å². The van der Waals surface area contributed by atoms with Gasteiger partial charge in [0.25, 0.3) is 0 Å². The average molecular weight is 200 g/mol. The van der Waals surface area contributed by atoms with Crippen LogP contribution in [0.2, 0.25) is 0 Å². The van der Waals surface area contributed by atoms with E-state index in [0.29, 0.717) is 33.0 Å². The number of hydrogen-bond acceptors (Lipinski definition) is 4. The highest BCUT2D eigenvalue weighted by atomic mass is 16.5. The van der Waals surface area contributed by atoms with Gasteiger partial charge in [0.05, 0.1) is 32.8 Å². The zero-order valence-corrected chi connectivity index (χ0v) is 8.45. The lowest BCUT2D eigenvalue weighted by atomic mass is 10.5. The van der Waals surface area contributed by atoms with Gasteiger partial charge in [0.2, 0.25) is 0 Å². The lowest BCUT2D eigenvalue weighted by molar-refractivity contribution is -0.144. The fraction of sp³-hybridized carbons (Fsp3) is 0.700. The molecule has 4 nitrogen and oxygen atoms in total. The van der Waals surface area contributed by atoms with E-state index in [9.17, 15) is 4.79 Å². The molecule has 0 unspecified atom stereocenters. The summed E-state index contributed by atoms with van der Waals surface area (Å²) >= 11 is 0. The second-order valence-electron chi connectivity index (χ2n) is 2.42. The minimum atomic E-state index is -0.239. The molecular weight excluding hydrogens is 184 g/mol. The van der Waals surface area contributed by atoms with Crippen LogP contribution in [0.1, 0.15) is 13.3 Å². The van der Waals surface area contributed by atoms with Crippen LogP contribution >= 0.6 is 0 Å². The van der Waals surface area contributed by atoms with Crippen molar-refractivity contribution in [2.75, 3.05) is 33.0 Å². The Kier molecular flexibility index (Phi) is 9.28. The van der Waals surface area contributed by atoms with Crippen molar-refractivity contribution in [2.24, 2.45) is 0 Å². The molecule has 0 amide bonds. The normalized spacial score (nSPS) is 9.43. The molecule has 0 saturated carbocycles. The summed E-state index contributed by atoms with van der Waals surface area (Å²) in [5.41, 5.74) is 0. The van der Waals surface area contributed by atoms with Gasteiger partial charge in [-0.15, -0.1) is 6.42 Å². The van der Waals surface area contributed by atoms with E-state index in [2.05, 4.69) is 5.92 Å². The molecule has 0 aromatic heterocycles. The number of hydrogen-bond donors (Lipinski definition) is 0. The van der Waals surface area contributed by atoms with Gasteiger partial charge in [-0.1, -0.05) is 5.92 Å². The smallest absolute Gasteiger partial charge is 0.308 e. The Morgan fingerprint density at radius 2 is 2.00 bits per heavy atom. The lowest BCUT2D eigenvalue weighted by Gasteiger charge is -2.03. The van der Waals surface area contributed by atoms with E-state index in [4.69, 9.17) is 20.6 Å². The van der Waals surface area contributed by atoms with Crippen LogP contribution < -0.4 is 0 Å². The summed E-state index contributed by atoms with van der Waals surface area (Å²) in [5.74, 6) is 2.10. The van der Waals surface area contributed by atoms with Crippen LogP contribution in [0.5, 0.6) is 0 Å². The van der Waals surface area contributed by atoms with Crippen LogP contribution in [0.25, 0.3) is 0 Å². The van der Waals surface area contributed by atoms with E-state index in [1.807, 2.05) is 0 Å². The van der Waals surface area contributed by atoms with Crippen molar-refractivity contribution in [2.45, 2.75) is 13.3 Å². The molecule has 0 radical (unpaired) electrons. The predicted octanol–water partition coefficient (Wildman–Crippen LogP) is 0.606. The molecule has 4 heteroatoms. The van der Waals surface area contributed by atoms with E-state index in [-0.39, 0.29) is 12.4 Å². The summed E-state index contributed by atoms with van der Waals surface area (Å²) in [7, 11) is 0. The maximum atomic E-state index is 10.8. The molecule has 0 saturated heterocycles. The van der Waals surface area contributed by atoms with Crippen LogP contribution in [0, 0.1) is 12.3 Å². The second-order valence-corrected chi connectivity index (χ2v) is 2.42. The molecule has 0 aliphatic rings. The minimum absolute atomic E-state index is 0.239. The topological polar surface area (TPSA) is 44.8 Å². The van der Waals surface area contributed by atoms with Gasteiger partial charge in [-0.2, -0.15) is 0 Å². The first kappa shape index (κ1) is 12.9. The van der Waals surface area contributed by atoms with Crippen molar-refractivity contribution in [1.29, 1.82) is 0 Å². The number of carbonyl (C=O) groups is 1. The van der Waals surface area contributed by atoms with Gasteiger partial charge in [-0.3, -0.25) is 4.79 Å². The fourth-order valence-corrected chi connectivity index (χ4v) is 0.740. The molecule has 0 bridgehead atoms. The summed E-state index contributed by atoms with van der Waals surface area (Å²) in [6.07, 6.45) is 5.25. The van der Waals surface area contributed by atoms with Crippen molar-refractivity contribution < 1.29 is 19.0 Å². The summed E-state index contributed by atoms with van der Waals surface area (Å²) in [5, 5.41) is 0. The molecule has 0 atom stereocenters. The Labute approximate surface area is 84.5 Å².